The number of nitrogens with zero attached hydrogens (tertiary/aromatic N) is 4. The fourth-order valence-corrected chi connectivity index (χ4v) is 2.88. The summed E-state index contributed by atoms with van der Waals surface area (Å²) in [5.41, 5.74) is 0. The topological polar surface area (TPSA) is 80.9 Å². The largest absolute Gasteiger partial charge is 0.493 e. The standard InChI is InChI=1S/C19H26N4O4/c1-14(2)19-21-20-17(27-19)12-22-8-10-23(11-9-22)18(24)13-26-16-7-5-4-6-15(16)25-3/h4-7,14H,8-13H2,1-3H3. The van der Waals surface area contributed by atoms with Crippen LogP contribution in [0.1, 0.15) is 31.5 Å². The summed E-state index contributed by atoms with van der Waals surface area (Å²) in [4.78, 5) is 16.4. The van der Waals surface area contributed by atoms with Gasteiger partial charge in [-0.25, -0.2) is 0 Å². The lowest BCUT2D eigenvalue weighted by molar-refractivity contribution is -0.135. The molecule has 1 aromatic carbocycles. The van der Waals surface area contributed by atoms with Crippen molar-refractivity contribution >= 4 is 5.91 Å². The van der Waals surface area contributed by atoms with Crippen molar-refractivity contribution in [1.82, 2.24) is 20.0 Å². The molecule has 0 aliphatic carbocycles. The predicted octanol–water partition coefficient (Wildman–Crippen LogP) is 1.92. The molecule has 146 valence electrons. The van der Waals surface area contributed by atoms with Gasteiger partial charge < -0.3 is 18.8 Å². The van der Waals surface area contributed by atoms with Gasteiger partial charge in [-0.1, -0.05) is 26.0 Å². The smallest absolute Gasteiger partial charge is 0.260 e. The van der Waals surface area contributed by atoms with Crippen LogP contribution in [0.3, 0.4) is 0 Å². The average molecular weight is 374 g/mol. The molecule has 0 saturated carbocycles. The Morgan fingerprint density at radius 3 is 2.48 bits per heavy atom. The molecule has 8 heteroatoms. The maximum Gasteiger partial charge on any atom is 0.260 e. The monoisotopic (exact) mass is 374 g/mol. The molecule has 1 fully saturated rings. The van der Waals surface area contributed by atoms with E-state index in [1.807, 2.05) is 30.9 Å². The van der Waals surface area contributed by atoms with Gasteiger partial charge in [0.2, 0.25) is 11.8 Å². The van der Waals surface area contributed by atoms with E-state index in [9.17, 15) is 4.79 Å². The minimum Gasteiger partial charge on any atom is -0.493 e. The maximum atomic E-state index is 12.4. The van der Waals surface area contributed by atoms with Crippen molar-refractivity contribution in [3.63, 3.8) is 0 Å². The third-order valence-corrected chi connectivity index (χ3v) is 4.48. The number of benzene rings is 1. The van der Waals surface area contributed by atoms with Gasteiger partial charge in [0.05, 0.1) is 13.7 Å². The lowest BCUT2D eigenvalue weighted by Gasteiger charge is -2.33. The molecular weight excluding hydrogens is 348 g/mol. The third kappa shape index (κ3) is 4.97. The molecule has 8 nitrogen and oxygen atoms in total. The number of aromatic nitrogens is 2. The fourth-order valence-electron chi connectivity index (χ4n) is 2.88. The molecule has 1 aliphatic heterocycles. The van der Waals surface area contributed by atoms with Gasteiger partial charge in [0, 0.05) is 32.1 Å². The van der Waals surface area contributed by atoms with E-state index in [1.54, 1.807) is 19.2 Å². The van der Waals surface area contributed by atoms with E-state index in [2.05, 4.69) is 15.1 Å². The SMILES string of the molecule is COc1ccccc1OCC(=O)N1CCN(Cc2nnc(C(C)C)o2)CC1. The molecule has 0 radical (unpaired) electrons. The molecular formula is C19H26N4O4. The number of rotatable bonds is 7. The van der Waals surface area contributed by atoms with Crippen LogP contribution in [-0.2, 0) is 11.3 Å². The van der Waals surface area contributed by atoms with Crippen molar-refractivity contribution in [1.29, 1.82) is 0 Å². The number of hydrogen-bond acceptors (Lipinski definition) is 7. The zero-order chi connectivity index (χ0) is 19.2. The summed E-state index contributed by atoms with van der Waals surface area (Å²) < 4.78 is 16.5. The van der Waals surface area contributed by atoms with Crippen LogP contribution in [0, 0.1) is 0 Å². The van der Waals surface area contributed by atoms with Gasteiger partial charge in [-0.05, 0) is 12.1 Å². The summed E-state index contributed by atoms with van der Waals surface area (Å²) in [5.74, 6) is 2.68. The van der Waals surface area contributed by atoms with Crippen molar-refractivity contribution in [2.24, 2.45) is 0 Å². The summed E-state index contributed by atoms with van der Waals surface area (Å²) in [6.07, 6.45) is 0. The van der Waals surface area contributed by atoms with Crippen molar-refractivity contribution in [2.75, 3.05) is 39.9 Å². The van der Waals surface area contributed by atoms with Crippen LogP contribution in [0.5, 0.6) is 11.5 Å². The molecule has 1 aliphatic rings. The Balaban J connectivity index is 1.44. The lowest BCUT2D eigenvalue weighted by atomic mass is 10.2. The van der Waals surface area contributed by atoms with E-state index in [0.29, 0.717) is 42.9 Å². The molecule has 2 heterocycles. The van der Waals surface area contributed by atoms with E-state index < -0.39 is 0 Å². The molecule has 0 atom stereocenters. The third-order valence-electron chi connectivity index (χ3n) is 4.48. The molecule has 1 saturated heterocycles. The van der Waals surface area contributed by atoms with Crippen LogP contribution >= 0.6 is 0 Å². The second-order valence-corrected chi connectivity index (χ2v) is 6.79. The summed E-state index contributed by atoms with van der Waals surface area (Å²) in [5, 5.41) is 8.15. The number of methoxy groups -OCH3 is 1. The molecule has 0 unspecified atom stereocenters. The van der Waals surface area contributed by atoms with Crippen molar-refractivity contribution in [2.45, 2.75) is 26.3 Å². The Hall–Kier alpha value is -2.61. The van der Waals surface area contributed by atoms with Gasteiger partial charge in [-0.15, -0.1) is 10.2 Å². The highest BCUT2D eigenvalue weighted by Crippen LogP contribution is 2.25. The molecule has 0 bridgehead atoms. The van der Waals surface area contributed by atoms with Crippen LogP contribution in [-0.4, -0.2) is 65.8 Å². The Kier molecular flexibility index (Phi) is 6.28. The first-order valence-electron chi connectivity index (χ1n) is 9.15. The Labute approximate surface area is 159 Å². The fraction of sp³-hybridized carbons (Fsp3) is 0.526. The maximum absolute atomic E-state index is 12.4. The number of carbonyl (C=O) groups is 1. The van der Waals surface area contributed by atoms with Crippen LogP contribution < -0.4 is 9.47 Å². The summed E-state index contributed by atoms with van der Waals surface area (Å²) in [6, 6.07) is 7.31. The second-order valence-electron chi connectivity index (χ2n) is 6.79. The summed E-state index contributed by atoms with van der Waals surface area (Å²) >= 11 is 0. The molecule has 1 amide bonds. The van der Waals surface area contributed by atoms with Gasteiger partial charge >= 0.3 is 0 Å². The molecule has 0 spiro atoms. The minimum atomic E-state index is -0.0274. The average Bonchev–Trinajstić information content (AvgIpc) is 3.16. The molecule has 3 rings (SSSR count). The van der Waals surface area contributed by atoms with Gasteiger partial charge in [-0.3, -0.25) is 9.69 Å². The first-order valence-corrected chi connectivity index (χ1v) is 9.15. The number of piperazine rings is 1. The molecule has 1 aromatic heterocycles. The molecule has 2 aromatic rings. The van der Waals surface area contributed by atoms with Gasteiger partial charge in [0.25, 0.3) is 5.91 Å². The van der Waals surface area contributed by atoms with Gasteiger partial charge in [0.1, 0.15) is 0 Å². The molecule has 0 N–H and O–H groups in total. The van der Waals surface area contributed by atoms with Crippen LogP contribution in [0.25, 0.3) is 0 Å². The Bertz CT molecular complexity index is 754. The van der Waals surface area contributed by atoms with Crippen LogP contribution in [0.15, 0.2) is 28.7 Å². The zero-order valence-corrected chi connectivity index (χ0v) is 16.1. The van der Waals surface area contributed by atoms with Gasteiger partial charge in [-0.2, -0.15) is 0 Å². The minimum absolute atomic E-state index is 0.00177. The van der Waals surface area contributed by atoms with Crippen LogP contribution in [0.4, 0.5) is 0 Å². The Morgan fingerprint density at radius 2 is 1.85 bits per heavy atom. The van der Waals surface area contributed by atoms with Crippen LogP contribution in [0.2, 0.25) is 0 Å². The van der Waals surface area contributed by atoms with Crippen molar-refractivity contribution in [3.8, 4) is 11.5 Å². The van der Waals surface area contributed by atoms with E-state index in [0.717, 1.165) is 13.1 Å². The summed E-state index contributed by atoms with van der Waals surface area (Å²) in [6.45, 7) is 7.49. The second kappa shape index (κ2) is 8.85. The van der Waals surface area contributed by atoms with Crippen molar-refractivity contribution < 1.29 is 18.7 Å². The highest BCUT2D eigenvalue weighted by molar-refractivity contribution is 5.78. The quantitative estimate of drug-likeness (QED) is 0.732. The lowest BCUT2D eigenvalue weighted by Crippen LogP contribution is -2.49. The highest BCUT2D eigenvalue weighted by Gasteiger charge is 2.23. The molecule has 27 heavy (non-hydrogen) atoms. The van der Waals surface area contributed by atoms with E-state index in [-0.39, 0.29) is 18.4 Å². The predicted molar refractivity (Wildman–Crippen MR) is 98.7 cm³/mol. The summed E-state index contributed by atoms with van der Waals surface area (Å²) in [7, 11) is 1.58. The first kappa shape index (κ1) is 19.2. The highest BCUT2D eigenvalue weighted by atomic mass is 16.5. The number of para-hydroxylation sites is 2. The number of amides is 1. The number of carbonyl (C=O) groups excluding carboxylic acids is 1. The number of hydrogen-bond donors (Lipinski definition) is 0. The first-order chi connectivity index (χ1) is 13.1. The normalized spacial score (nSPS) is 15.2. The van der Waals surface area contributed by atoms with Gasteiger partial charge in [0.15, 0.2) is 18.1 Å². The van der Waals surface area contributed by atoms with Crippen molar-refractivity contribution in [3.05, 3.63) is 36.0 Å². The van der Waals surface area contributed by atoms with E-state index >= 15 is 0 Å². The number of ether oxygens (including phenoxy) is 2. The Morgan fingerprint density at radius 1 is 1.15 bits per heavy atom. The van der Waals surface area contributed by atoms with E-state index in [1.165, 1.54) is 0 Å². The zero-order valence-electron chi connectivity index (χ0n) is 16.1. The van der Waals surface area contributed by atoms with E-state index in [4.69, 9.17) is 13.9 Å².